The highest BCUT2D eigenvalue weighted by molar-refractivity contribution is 6.42. The van der Waals surface area contributed by atoms with E-state index in [0.717, 1.165) is 12.8 Å². The Labute approximate surface area is 142 Å². The van der Waals surface area contributed by atoms with Gasteiger partial charge in [0.25, 0.3) is 0 Å². The summed E-state index contributed by atoms with van der Waals surface area (Å²) in [4.78, 5) is 12.1. The molecule has 1 aromatic carbocycles. The molecule has 1 saturated carbocycles. The number of benzene rings is 1. The third kappa shape index (κ3) is 4.53. The number of carbonyl (C=O) groups is 1. The summed E-state index contributed by atoms with van der Waals surface area (Å²) in [5.74, 6) is 1.53. The lowest BCUT2D eigenvalue weighted by Crippen LogP contribution is -2.36. The maximum absolute atomic E-state index is 12.1. The summed E-state index contributed by atoms with van der Waals surface area (Å²) in [6.45, 7) is 6.59. The van der Waals surface area contributed by atoms with Gasteiger partial charge in [-0.25, -0.2) is 4.79 Å². The molecule has 3 atom stereocenters. The molecule has 3 unspecified atom stereocenters. The molecule has 1 aliphatic rings. The van der Waals surface area contributed by atoms with Crippen molar-refractivity contribution in [1.82, 2.24) is 0 Å². The summed E-state index contributed by atoms with van der Waals surface area (Å²) in [5, 5.41) is 3.60. The molecule has 122 valence electrons. The summed E-state index contributed by atoms with van der Waals surface area (Å²) in [7, 11) is 0. The molecule has 0 spiro atoms. The first-order valence-corrected chi connectivity index (χ1v) is 8.55. The molecule has 2 rings (SSSR count). The number of anilines is 1. The summed E-state index contributed by atoms with van der Waals surface area (Å²) in [5.41, 5.74) is 0.587. The Bertz CT molecular complexity index is 533. The fourth-order valence-corrected chi connectivity index (χ4v) is 3.41. The molecule has 0 radical (unpaired) electrons. The van der Waals surface area contributed by atoms with Gasteiger partial charge in [0.2, 0.25) is 0 Å². The highest BCUT2D eigenvalue weighted by Crippen LogP contribution is 2.35. The molecule has 22 heavy (non-hydrogen) atoms. The van der Waals surface area contributed by atoms with Crippen LogP contribution in [0.4, 0.5) is 10.5 Å². The average Bonchev–Trinajstić information content (AvgIpc) is 2.42. The van der Waals surface area contributed by atoms with Crippen LogP contribution in [-0.4, -0.2) is 12.2 Å². The first-order valence-electron chi connectivity index (χ1n) is 7.79. The lowest BCUT2D eigenvalue weighted by Gasteiger charge is -2.36. The zero-order chi connectivity index (χ0) is 16.3. The predicted octanol–water partition coefficient (Wildman–Crippen LogP) is 6.00. The van der Waals surface area contributed by atoms with Gasteiger partial charge >= 0.3 is 6.09 Å². The van der Waals surface area contributed by atoms with Crippen molar-refractivity contribution in [3.8, 4) is 0 Å². The van der Waals surface area contributed by atoms with Crippen LogP contribution >= 0.6 is 23.2 Å². The van der Waals surface area contributed by atoms with Crippen molar-refractivity contribution in [3.05, 3.63) is 28.2 Å². The highest BCUT2D eigenvalue weighted by Gasteiger charge is 2.33. The van der Waals surface area contributed by atoms with Gasteiger partial charge in [-0.15, -0.1) is 0 Å². The average molecular weight is 344 g/mol. The first kappa shape index (κ1) is 17.4. The minimum absolute atomic E-state index is 0.0217. The molecule has 1 aliphatic carbocycles. The molecule has 0 saturated heterocycles. The lowest BCUT2D eigenvalue weighted by atomic mass is 9.75. The monoisotopic (exact) mass is 343 g/mol. The van der Waals surface area contributed by atoms with Crippen molar-refractivity contribution in [2.24, 2.45) is 17.8 Å². The molecule has 0 aliphatic heterocycles. The van der Waals surface area contributed by atoms with Crippen LogP contribution in [0.1, 0.15) is 40.0 Å². The SMILES string of the molecule is CC1CCC(C(C)C)C(OC(=O)Nc2ccc(Cl)c(Cl)c2)C1. The molecule has 3 nitrogen and oxygen atoms in total. The van der Waals surface area contributed by atoms with E-state index in [1.165, 1.54) is 6.42 Å². The number of hydrogen-bond donors (Lipinski definition) is 1. The van der Waals surface area contributed by atoms with E-state index in [1.807, 2.05) is 0 Å². The Hall–Kier alpha value is -0.930. The van der Waals surface area contributed by atoms with Crippen molar-refractivity contribution in [2.45, 2.75) is 46.1 Å². The largest absolute Gasteiger partial charge is 0.446 e. The third-order valence-electron chi connectivity index (χ3n) is 4.39. The van der Waals surface area contributed by atoms with Crippen molar-refractivity contribution in [2.75, 3.05) is 5.32 Å². The number of hydrogen-bond acceptors (Lipinski definition) is 2. The lowest BCUT2D eigenvalue weighted by molar-refractivity contribution is 0.0126. The minimum atomic E-state index is -0.428. The molecular formula is C17H23Cl2NO2. The van der Waals surface area contributed by atoms with E-state index >= 15 is 0 Å². The van der Waals surface area contributed by atoms with Crippen LogP contribution in [0, 0.1) is 17.8 Å². The smallest absolute Gasteiger partial charge is 0.411 e. The number of ether oxygens (including phenoxy) is 1. The fourth-order valence-electron chi connectivity index (χ4n) is 3.11. The zero-order valence-corrected chi connectivity index (χ0v) is 14.7. The molecule has 1 fully saturated rings. The Kier molecular flexibility index (Phi) is 5.99. The Balaban J connectivity index is 1.98. The van der Waals surface area contributed by atoms with E-state index in [1.54, 1.807) is 18.2 Å². The van der Waals surface area contributed by atoms with Crippen LogP contribution in [0.25, 0.3) is 0 Å². The van der Waals surface area contributed by atoms with Gasteiger partial charge in [-0.1, -0.05) is 50.4 Å². The second kappa shape index (κ2) is 7.56. The predicted molar refractivity (Wildman–Crippen MR) is 91.7 cm³/mol. The summed E-state index contributed by atoms with van der Waals surface area (Å²) < 4.78 is 5.68. The van der Waals surface area contributed by atoms with Gasteiger partial charge in [0, 0.05) is 5.69 Å². The van der Waals surface area contributed by atoms with Gasteiger partial charge in [-0.3, -0.25) is 5.32 Å². The van der Waals surface area contributed by atoms with Crippen molar-refractivity contribution < 1.29 is 9.53 Å². The van der Waals surface area contributed by atoms with E-state index in [9.17, 15) is 4.79 Å². The maximum Gasteiger partial charge on any atom is 0.411 e. The minimum Gasteiger partial charge on any atom is -0.446 e. The second-order valence-electron chi connectivity index (χ2n) is 6.52. The second-order valence-corrected chi connectivity index (χ2v) is 7.34. The molecular weight excluding hydrogens is 321 g/mol. The fraction of sp³-hybridized carbons (Fsp3) is 0.588. The molecule has 0 heterocycles. The standard InChI is InChI=1S/C17H23Cl2NO2/c1-10(2)13-6-4-11(3)8-16(13)22-17(21)20-12-5-7-14(18)15(19)9-12/h5,7,9-11,13,16H,4,6,8H2,1-3H3,(H,20,21). The summed E-state index contributed by atoms with van der Waals surface area (Å²) in [6, 6.07) is 4.98. The van der Waals surface area contributed by atoms with Gasteiger partial charge in [0.15, 0.2) is 0 Å². The van der Waals surface area contributed by atoms with Gasteiger partial charge in [0.05, 0.1) is 10.0 Å². The molecule has 1 amide bonds. The number of amides is 1. The van der Waals surface area contributed by atoms with Gasteiger partial charge < -0.3 is 4.74 Å². The highest BCUT2D eigenvalue weighted by atomic mass is 35.5. The van der Waals surface area contributed by atoms with Gasteiger partial charge in [0.1, 0.15) is 6.10 Å². The maximum atomic E-state index is 12.1. The Morgan fingerprint density at radius 3 is 2.64 bits per heavy atom. The number of halogens is 2. The number of rotatable bonds is 3. The number of carbonyl (C=O) groups excluding carboxylic acids is 1. The topological polar surface area (TPSA) is 38.3 Å². The summed E-state index contributed by atoms with van der Waals surface area (Å²) in [6.07, 6.45) is 2.80. The van der Waals surface area contributed by atoms with Gasteiger partial charge in [-0.05, 0) is 48.8 Å². The molecule has 5 heteroatoms. The van der Waals surface area contributed by atoms with Crippen LogP contribution in [0.3, 0.4) is 0 Å². The number of nitrogens with one attached hydrogen (secondary N) is 1. The van der Waals surface area contributed by atoms with E-state index in [0.29, 0.717) is 33.5 Å². The molecule has 1 aromatic rings. The van der Waals surface area contributed by atoms with E-state index in [4.69, 9.17) is 27.9 Å². The zero-order valence-electron chi connectivity index (χ0n) is 13.2. The van der Waals surface area contributed by atoms with Crippen molar-refractivity contribution in [1.29, 1.82) is 0 Å². The van der Waals surface area contributed by atoms with Crippen LogP contribution in [0.5, 0.6) is 0 Å². The van der Waals surface area contributed by atoms with E-state index < -0.39 is 6.09 Å². The van der Waals surface area contributed by atoms with Crippen molar-refractivity contribution in [3.63, 3.8) is 0 Å². The van der Waals surface area contributed by atoms with Crippen molar-refractivity contribution >= 4 is 35.0 Å². The normalized spacial score (nSPS) is 25.1. The quantitative estimate of drug-likeness (QED) is 0.730. The first-order chi connectivity index (χ1) is 10.4. The van der Waals surface area contributed by atoms with Crippen LogP contribution in [0.2, 0.25) is 10.0 Å². The van der Waals surface area contributed by atoms with Crippen LogP contribution < -0.4 is 5.32 Å². The molecule has 1 N–H and O–H groups in total. The van der Waals surface area contributed by atoms with Crippen LogP contribution in [-0.2, 0) is 4.74 Å². The molecule has 0 aromatic heterocycles. The van der Waals surface area contributed by atoms with Gasteiger partial charge in [-0.2, -0.15) is 0 Å². The molecule has 0 bridgehead atoms. The Morgan fingerprint density at radius 1 is 1.27 bits per heavy atom. The third-order valence-corrected chi connectivity index (χ3v) is 5.12. The van der Waals surface area contributed by atoms with Crippen LogP contribution in [0.15, 0.2) is 18.2 Å². The Morgan fingerprint density at radius 2 is 2.00 bits per heavy atom. The summed E-state index contributed by atoms with van der Waals surface area (Å²) >= 11 is 11.8. The van der Waals surface area contributed by atoms with E-state index in [2.05, 4.69) is 26.1 Å². The van der Waals surface area contributed by atoms with E-state index in [-0.39, 0.29) is 6.10 Å².